The molecule has 76 valence electrons. The average Bonchev–Trinajstić information content (AvgIpc) is 2.23. The Hall–Kier alpha value is -0.640. The first-order chi connectivity index (χ1) is 6.77. The van der Waals surface area contributed by atoms with Gasteiger partial charge >= 0.3 is 0 Å². The number of hydrogen-bond acceptors (Lipinski definition) is 3. The number of nitrogens with zero attached hydrogens (tertiary/aromatic N) is 3. The van der Waals surface area contributed by atoms with Gasteiger partial charge in [-0.05, 0) is 12.3 Å². The maximum Gasteiger partial charge on any atom is 0.147 e. The summed E-state index contributed by atoms with van der Waals surface area (Å²) in [6.07, 6.45) is 6.50. The predicted octanol–water partition coefficient (Wildman–Crippen LogP) is 2.09. The second kappa shape index (κ2) is 4.26. The molecule has 1 aromatic heterocycles. The molecule has 0 N–H and O–H groups in total. The van der Waals surface area contributed by atoms with Crippen molar-refractivity contribution in [2.75, 3.05) is 18.0 Å². The van der Waals surface area contributed by atoms with E-state index in [0.717, 1.165) is 24.8 Å². The third-order valence-corrected chi connectivity index (χ3v) is 3.93. The van der Waals surface area contributed by atoms with Crippen molar-refractivity contribution in [3.8, 4) is 0 Å². The molecular weight excluding hydrogens is 242 g/mol. The van der Waals surface area contributed by atoms with E-state index in [1.807, 2.05) is 6.20 Å². The fourth-order valence-corrected chi connectivity index (χ4v) is 2.30. The van der Waals surface area contributed by atoms with E-state index in [-0.39, 0.29) is 0 Å². The van der Waals surface area contributed by atoms with E-state index in [2.05, 4.69) is 37.7 Å². The molecule has 1 aromatic rings. The molecule has 0 bridgehead atoms. The third-order valence-electron chi connectivity index (χ3n) is 2.74. The van der Waals surface area contributed by atoms with Crippen LogP contribution in [0.2, 0.25) is 0 Å². The van der Waals surface area contributed by atoms with E-state index < -0.39 is 0 Å². The van der Waals surface area contributed by atoms with Gasteiger partial charge in [0.2, 0.25) is 0 Å². The molecule has 0 aliphatic carbocycles. The van der Waals surface area contributed by atoms with Gasteiger partial charge in [0.1, 0.15) is 5.82 Å². The van der Waals surface area contributed by atoms with Crippen molar-refractivity contribution in [2.24, 2.45) is 5.92 Å². The van der Waals surface area contributed by atoms with Crippen LogP contribution in [0.4, 0.5) is 5.82 Å². The average molecular weight is 256 g/mol. The Labute approximate surface area is 92.7 Å². The van der Waals surface area contributed by atoms with E-state index in [1.54, 1.807) is 12.4 Å². The largest absolute Gasteiger partial charge is 0.354 e. The summed E-state index contributed by atoms with van der Waals surface area (Å²) in [6.45, 7) is 4.40. The normalized spacial score (nSPS) is 27.7. The Balaban J connectivity index is 2.07. The van der Waals surface area contributed by atoms with Crippen molar-refractivity contribution in [2.45, 2.75) is 18.2 Å². The van der Waals surface area contributed by atoms with Crippen LogP contribution in [0.5, 0.6) is 0 Å². The lowest BCUT2D eigenvalue weighted by Crippen LogP contribution is -2.40. The van der Waals surface area contributed by atoms with Gasteiger partial charge in [-0.1, -0.05) is 22.9 Å². The minimum absolute atomic E-state index is 0.568. The van der Waals surface area contributed by atoms with Crippen molar-refractivity contribution in [1.82, 2.24) is 9.97 Å². The molecule has 0 aromatic carbocycles. The molecule has 1 saturated heterocycles. The van der Waals surface area contributed by atoms with Crippen LogP contribution in [0.3, 0.4) is 0 Å². The summed E-state index contributed by atoms with van der Waals surface area (Å²) < 4.78 is 0. The van der Waals surface area contributed by atoms with E-state index in [4.69, 9.17) is 0 Å². The number of alkyl halides is 1. The lowest BCUT2D eigenvalue weighted by Gasteiger charge is -2.34. The Kier molecular flexibility index (Phi) is 3.01. The van der Waals surface area contributed by atoms with Gasteiger partial charge in [-0.3, -0.25) is 4.98 Å². The van der Waals surface area contributed by atoms with Gasteiger partial charge in [0.25, 0.3) is 0 Å². The molecule has 2 rings (SSSR count). The standard InChI is InChI=1S/C10H14BrN3/c1-8-2-5-14(7-9(8)11)10-6-12-3-4-13-10/h3-4,6,8-9H,2,5,7H2,1H3. The van der Waals surface area contributed by atoms with Gasteiger partial charge in [-0.15, -0.1) is 0 Å². The fraction of sp³-hybridized carbons (Fsp3) is 0.600. The van der Waals surface area contributed by atoms with E-state index in [1.165, 1.54) is 6.42 Å². The highest BCUT2D eigenvalue weighted by molar-refractivity contribution is 9.09. The number of rotatable bonds is 1. The highest BCUT2D eigenvalue weighted by atomic mass is 79.9. The van der Waals surface area contributed by atoms with Crippen molar-refractivity contribution in [1.29, 1.82) is 0 Å². The van der Waals surface area contributed by atoms with Crippen LogP contribution in [0.1, 0.15) is 13.3 Å². The number of piperidine rings is 1. The second-order valence-corrected chi connectivity index (χ2v) is 4.97. The zero-order chi connectivity index (χ0) is 9.97. The summed E-state index contributed by atoms with van der Waals surface area (Å²) in [5, 5.41) is 0. The molecule has 1 fully saturated rings. The SMILES string of the molecule is CC1CCN(c2cnccn2)CC1Br. The van der Waals surface area contributed by atoms with Gasteiger partial charge in [-0.2, -0.15) is 0 Å². The topological polar surface area (TPSA) is 29.0 Å². The van der Waals surface area contributed by atoms with Gasteiger partial charge in [0.15, 0.2) is 0 Å². The summed E-state index contributed by atoms with van der Waals surface area (Å²) in [5.41, 5.74) is 0. The van der Waals surface area contributed by atoms with Crippen LogP contribution in [-0.4, -0.2) is 27.9 Å². The maximum atomic E-state index is 4.30. The molecule has 0 amide bonds. The Morgan fingerprint density at radius 2 is 2.36 bits per heavy atom. The lowest BCUT2D eigenvalue weighted by atomic mass is 9.99. The first kappa shape index (κ1) is 9.90. The Morgan fingerprint density at radius 3 is 3.00 bits per heavy atom. The van der Waals surface area contributed by atoms with Crippen LogP contribution < -0.4 is 4.90 Å². The first-order valence-corrected chi connectivity index (χ1v) is 5.84. The van der Waals surface area contributed by atoms with Gasteiger partial charge in [0.05, 0.1) is 6.20 Å². The molecule has 1 aliphatic rings. The summed E-state index contributed by atoms with van der Waals surface area (Å²) in [6, 6.07) is 0. The predicted molar refractivity (Wildman–Crippen MR) is 60.7 cm³/mol. The highest BCUT2D eigenvalue weighted by Crippen LogP contribution is 2.25. The molecule has 0 saturated carbocycles. The van der Waals surface area contributed by atoms with Crippen LogP contribution in [0.15, 0.2) is 18.6 Å². The van der Waals surface area contributed by atoms with Crippen LogP contribution in [-0.2, 0) is 0 Å². The Bertz CT molecular complexity index is 291. The number of anilines is 1. The maximum absolute atomic E-state index is 4.30. The molecule has 4 heteroatoms. The summed E-state index contributed by atoms with van der Waals surface area (Å²) >= 11 is 3.70. The minimum Gasteiger partial charge on any atom is -0.354 e. The summed E-state index contributed by atoms with van der Waals surface area (Å²) in [5.74, 6) is 1.74. The van der Waals surface area contributed by atoms with Crippen LogP contribution >= 0.6 is 15.9 Å². The van der Waals surface area contributed by atoms with Crippen molar-refractivity contribution in [3.63, 3.8) is 0 Å². The number of hydrogen-bond donors (Lipinski definition) is 0. The summed E-state index contributed by atoms with van der Waals surface area (Å²) in [4.78, 5) is 11.2. The van der Waals surface area contributed by atoms with Gasteiger partial charge in [0, 0.05) is 30.3 Å². The lowest BCUT2D eigenvalue weighted by molar-refractivity contribution is 0.454. The van der Waals surface area contributed by atoms with Crippen molar-refractivity contribution in [3.05, 3.63) is 18.6 Å². The molecule has 1 aliphatic heterocycles. The minimum atomic E-state index is 0.568. The quantitative estimate of drug-likeness (QED) is 0.720. The van der Waals surface area contributed by atoms with E-state index in [0.29, 0.717) is 4.83 Å². The highest BCUT2D eigenvalue weighted by Gasteiger charge is 2.24. The molecular formula is C10H14BrN3. The van der Waals surface area contributed by atoms with E-state index in [9.17, 15) is 0 Å². The zero-order valence-electron chi connectivity index (χ0n) is 8.23. The number of halogens is 1. The van der Waals surface area contributed by atoms with Gasteiger partial charge < -0.3 is 4.90 Å². The monoisotopic (exact) mass is 255 g/mol. The fourth-order valence-electron chi connectivity index (χ4n) is 1.68. The van der Waals surface area contributed by atoms with Gasteiger partial charge in [-0.25, -0.2) is 4.98 Å². The Morgan fingerprint density at radius 1 is 1.50 bits per heavy atom. The van der Waals surface area contributed by atoms with Crippen LogP contribution in [0.25, 0.3) is 0 Å². The van der Waals surface area contributed by atoms with Crippen molar-refractivity contribution >= 4 is 21.7 Å². The molecule has 0 radical (unpaired) electrons. The zero-order valence-corrected chi connectivity index (χ0v) is 9.81. The molecule has 2 atom stereocenters. The molecule has 2 unspecified atom stereocenters. The molecule has 14 heavy (non-hydrogen) atoms. The first-order valence-electron chi connectivity index (χ1n) is 4.92. The van der Waals surface area contributed by atoms with E-state index >= 15 is 0 Å². The summed E-state index contributed by atoms with van der Waals surface area (Å²) in [7, 11) is 0. The molecule has 0 spiro atoms. The smallest absolute Gasteiger partial charge is 0.147 e. The molecule has 3 nitrogen and oxygen atoms in total. The van der Waals surface area contributed by atoms with Crippen molar-refractivity contribution < 1.29 is 0 Å². The van der Waals surface area contributed by atoms with Crippen LogP contribution in [0, 0.1) is 5.92 Å². The number of aromatic nitrogens is 2. The third kappa shape index (κ3) is 2.05. The second-order valence-electron chi connectivity index (χ2n) is 3.79. The molecule has 2 heterocycles.